The number of benzene rings is 1. The first-order valence-electron chi connectivity index (χ1n) is 5.80. The highest BCUT2D eigenvalue weighted by molar-refractivity contribution is 5.29. The Morgan fingerprint density at radius 1 is 1.31 bits per heavy atom. The Morgan fingerprint density at radius 2 is 1.94 bits per heavy atom. The third-order valence-corrected chi connectivity index (χ3v) is 2.72. The van der Waals surface area contributed by atoms with Crippen LogP contribution in [0.5, 0.6) is 0 Å². The molecular formula is C14H22N2. The molecule has 0 spiro atoms. The Hall–Kier alpha value is -1.12. The summed E-state index contributed by atoms with van der Waals surface area (Å²) in [7, 11) is 0. The first-order chi connectivity index (χ1) is 7.65. The lowest BCUT2D eigenvalue weighted by Gasteiger charge is -2.15. The van der Waals surface area contributed by atoms with Crippen molar-refractivity contribution < 1.29 is 0 Å². The zero-order valence-corrected chi connectivity index (χ0v) is 10.3. The fourth-order valence-corrected chi connectivity index (χ4v) is 2.03. The van der Waals surface area contributed by atoms with Crippen LogP contribution in [0.15, 0.2) is 30.9 Å². The van der Waals surface area contributed by atoms with Gasteiger partial charge in [-0.05, 0) is 38.7 Å². The van der Waals surface area contributed by atoms with Crippen molar-refractivity contribution in [1.82, 2.24) is 5.43 Å². The first-order valence-corrected chi connectivity index (χ1v) is 5.80. The zero-order chi connectivity index (χ0) is 12.0. The maximum atomic E-state index is 5.55. The molecule has 0 saturated heterocycles. The molecule has 0 aliphatic rings. The second kappa shape index (κ2) is 6.46. The molecule has 0 aliphatic heterocycles. The van der Waals surface area contributed by atoms with E-state index in [1.165, 1.54) is 16.7 Å². The van der Waals surface area contributed by atoms with E-state index in [0.717, 1.165) is 19.3 Å². The van der Waals surface area contributed by atoms with Gasteiger partial charge < -0.3 is 0 Å². The minimum absolute atomic E-state index is 0.333. The molecule has 2 nitrogen and oxygen atoms in total. The molecule has 88 valence electrons. The molecule has 1 unspecified atom stereocenters. The summed E-state index contributed by atoms with van der Waals surface area (Å²) in [6, 6.07) is 6.98. The van der Waals surface area contributed by atoms with Gasteiger partial charge >= 0.3 is 0 Å². The van der Waals surface area contributed by atoms with Crippen molar-refractivity contribution in [2.24, 2.45) is 5.84 Å². The topological polar surface area (TPSA) is 38.0 Å². The summed E-state index contributed by atoms with van der Waals surface area (Å²) in [4.78, 5) is 0. The predicted octanol–water partition coefficient (Wildman–Crippen LogP) is 2.64. The van der Waals surface area contributed by atoms with Crippen molar-refractivity contribution in [2.75, 3.05) is 0 Å². The largest absolute Gasteiger partial charge is 0.271 e. The first kappa shape index (κ1) is 12.9. The molecule has 0 heterocycles. The molecule has 1 aromatic carbocycles. The summed E-state index contributed by atoms with van der Waals surface area (Å²) in [5.74, 6) is 5.55. The lowest BCUT2D eigenvalue weighted by atomic mass is 9.99. The monoisotopic (exact) mass is 218 g/mol. The van der Waals surface area contributed by atoms with Gasteiger partial charge in [0.25, 0.3) is 0 Å². The SMILES string of the molecule is C=CCCC(Cc1cc(C)cc(C)c1)NN. The van der Waals surface area contributed by atoms with E-state index in [4.69, 9.17) is 5.84 Å². The van der Waals surface area contributed by atoms with Gasteiger partial charge in [-0.1, -0.05) is 35.4 Å². The van der Waals surface area contributed by atoms with Gasteiger partial charge in [-0.2, -0.15) is 0 Å². The van der Waals surface area contributed by atoms with Crippen molar-refractivity contribution in [3.8, 4) is 0 Å². The number of aryl methyl sites for hydroxylation is 2. The lowest BCUT2D eigenvalue weighted by molar-refractivity contribution is 0.495. The van der Waals surface area contributed by atoms with Crippen LogP contribution in [0.3, 0.4) is 0 Å². The Morgan fingerprint density at radius 3 is 2.44 bits per heavy atom. The van der Waals surface area contributed by atoms with Crippen molar-refractivity contribution >= 4 is 0 Å². The van der Waals surface area contributed by atoms with Gasteiger partial charge in [0.05, 0.1) is 0 Å². The van der Waals surface area contributed by atoms with Crippen LogP contribution >= 0.6 is 0 Å². The summed E-state index contributed by atoms with van der Waals surface area (Å²) >= 11 is 0. The van der Waals surface area contributed by atoms with E-state index in [0.29, 0.717) is 6.04 Å². The second-order valence-corrected chi connectivity index (χ2v) is 4.43. The van der Waals surface area contributed by atoms with Gasteiger partial charge in [0.2, 0.25) is 0 Å². The number of hydrogen-bond donors (Lipinski definition) is 2. The number of rotatable bonds is 6. The summed E-state index contributed by atoms with van der Waals surface area (Å²) in [6.45, 7) is 7.99. The maximum absolute atomic E-state index is 5.55. The summed E-state index contributed by atoms with van der Waals surface area (Å²) in [5.41, 5.74) is 6.86. The van der Waals surface area contributed by atoms with Crippen LogP contribution in [0.1, 0.15) is 29.5 Å². The van der Waals surface area contributed by atoms with Crippen LogP contribution < -0.4 is 11.3 Å². The van der Waals surface area contributed by atoms with Gasteiger partial charge in [-0.3, -0.25) is 11.3 Å². The molecule has 1 aromatic rings. The molecule has 0 aromatic heterocycles. The number of allylic oxidation sites excluding steroid dienone is 1. The fraction of sp³-hybridized carbons (Fsp3) is 0.429. The molecule has 0 saturated carbocycles. The summed E-state index contributed by atoms with van der Waals surface area (Å²) in [6.07, 6.45) is 4.95. The van der Waals surface area contributed by atoms with Crippen molar-refractivity contribution in [2.45, 2.75) is 39.2 Å². The summed E-state index contributed by atoms with van der Waals surface area (Å²) < 4.78 is 0. The second-order valence-electron chi connectivity index (χ2n) is 4.43. The van der Waals surface area contributed by atoms with Crippen LogP contribution in [0.4, 0.5) is 0 Å². The molecule has 1 atom stereocenters. The van der Waals surface area contributed by atoms with Crippen LogP contribution in [-0.2, 0) is 6.42 Å². The van der Waals surface area contributed by atoms with E-state index in [1.54, 1.807) is 0 Å². The summed E-state index contributed by atoms with van der Waals surface area (Å²) in [5, 5.41) is 0. The van der Waals surface area contributed by atoms with Crippen LogP contribution in [0.2, 0.25) is 0 Å². The number of hydrazine groups is 1. The fourth-order valence-electron chi connectivity index (χ4n) is 2.03. The Bertz CT molecular complexity index is 324. The quantitative estimate of drug-likeness (QED) is 0.437. The van der Waals surface area contributed by atoms with E-state index in [2.05, 4.69) is 44.1 Å². The standard InChI is InChI=1S/C14H22N2/c1-4-5-6-14(16-15)10-13-8-11(2)7-12(3)9-13/h4,7-9,14,16H,1,5-6,10,15H2,2-3H3. The van der Waals surface area contributed by atoms with Gasteiger partial charge in [-0.15, -0.1) is 6.58 Å². The molecule has 3 N–H and O–H groups in total. The van der Waals surface area contributed by atoms with Gasteiger partial charge in [0.15, 0.2) is 0 Å². The van der Waals surface area contributed by atoms with Crippen LogP contribution in [0.25, 0.3) is 0 Å². The number of nitrogens with two attached hydrogens (primary N) is 1. The van der Waals surface area contributed by atoms with Crippen molar-refractivity contribution in [1.29, 1.82) is 0 Å². The molecule has 0 amide bonds. The molecule has 0 fully saturated rings. The molecule has 0 radical (unpaired) electrons. The zero-order valence-electron chi connectivity index (χ0n) is 10.3. The van der Waals surface area contributed by atoms with Crippen molar-refractivity contribution in [3.63, 3.8) is 0 Å². The molecule has 16 heavy (non-hydrogen) atoms. The lowest BCUT2D eigenvalue weighted by Crippen LogP contribution is -2.36. The molecule has 0 bridgehead atoms. The number of nitrogens with one attached hydrogen (secondary N) is 1. The van der Waals surface area contributed by atoms with Gasteiger partial charge in [0.1, 0.15) is 0 Å². The third-order valence-electron chi connectivity index (χ3n) is 2.72. The number of hydrogen-bond acceptors (Lipinski definition) is 2. The van der Waals surface area contributed by atoms with Crippen molar-refractivity contribution in [3.05, 3.63) is 47.5 Å². The molecule has 2 heteroatoms. The van der Waals surface area contributed by atoms with Gasteiger partial charge in [0, 0.05) is 6.04 Å². The maximum Gasteiger partial charge on any atom is 0.0253 e. The molecule has 0 aliphatic carbocycles. The highest BCUT2D eigenvalue weighted by Crippen LogP contribution is 2.12. The van der Waals surface area contributed by atoms with E-state index in [-0.39, 0.29) is 0 Å². The third kappa shape index (κ3) is 4.17. The average molecular weight is 218 g/mol. The van der Waals surface area contributed by atoms with E-state index >= 15 is 0 Å². The highest BCUT2D eigenvalue weighted by atomic mass is 15.2. The molecule has 1 rings (SSSR count). The predicted molar refractivity (Wildman–Crippen MR) is 70.2 cm³/mol. The Labute approximate surface area is 98.5 Å². The van der Waals surface area contributed by atoms with E-state index in [1.807, 2.05) is 6.08 Å². The average Bonchev–Trinajstić information content (AvgIpc) is 2.22. The van der Waals surface area contributed by atoms with E-state index < -0.39 is 0 Å². The Kier molecular flexibility index (Phi) is 5.23. The minimum atomic E-state index is 0.333. The van der Waals surface area contributed by atoms with Crippen LogP contribution in [0, 0.1) is 13.8 Å². The van der Waals surface area contributed by atoms with Crippen LogP contribution in [-0.4, -0.2) is 6.04 Å². The van der Waals surface area contributed by atoms with E-state index in [9.17, 15) is 0 Å². The highest BCUT2D eigenvalue weighted by Gasteiger charge is 2.07. The Balaban J connectivity index is 2.65. The normalized spacial score (nSPS) is 12.4. The minimum Gasteiger partial charge on any atom is -0.271 e. The molecular weight excluding hydrogens is 196 g/mol. The van der Waals surface area contributed by atoms with Gasteiger partial charge in [-0.25, -0.2) is 0 Å². The smallest absolute Gasteiger partial charge is 0.0253 e.